The van der Waals surface area contributed by atoms with E-state index in [-0.39, 0.29) is 17.9 Å². The first-order valence-electron chi connectivity index (χ1n) is 6.67. The fourth-order valence-corrected chi connectivity index (χ4v) is 2.34. The number of ether oxygens (including phenoxy) is 2. The second-order valence-electron chi connectivity index (χ2n) is 4.76. The summed E-state index contributed by atoms with van der Waals surface area (Å²) in [6, 6.07) is 9.41. The second kappa shape index (κ2) is 7.11. The third-order valence-corrected chi connectivity index (χ3v) is 3.48. The Morgan fingerprint density at radius 3 is 2.70 bits per heavy atom. The van der Waals surface area contributed by atoms with Crippen LogP contribution in [0.2, 0.25) is 5.02 Å². The van der Waals surface area contributed by atoms with Crippen LogP contribution in [0.25, 0.3) is 0 Å². The second-order valence-corrected chi connectivity index (χ2v) is 5.20. The minimum atomic E-state index is -0.776. The lowest BCUT2D eigenvalue weighted by molar-refractivity contribution is -0.385. The number of carbonyl (C=O) groups excluding carboxylic acids is 1. The summed E-state index contributed by atoms with van der Waals surface area (Å²) in [4.78, 5) is 22.7. The van der Waals surface area contributed by atoms with Crippen LogP contribution in [0.5, 0.6) is 5.75 Å². The fraction of sp³-hybridized carbons (Fsp3) is 0.188. The first-order chi connectivity index (χ1) is 10.9. The van der Waals surface area contributed by atoms with Crippen molar-refractivity contribution in [3.05, 3.63) is 68.2 Å². The zero-order valence-electron chi connectivity index (χ0n) is 12.5. The summed E-state index contributed by atoms with van der Waals surface area (Å²) < 4.78 is 10.3. The molecule has 0 saturated heterocycles. The van der Waals surface area contributed by atoms with Crippen LogP contribution in [0.15, 0.2) is 36.4 Å². The number of hydrogen-bond donors (Lipinski definition) is 0. The van der Waals surface area contributed by atoms with Gasteiger partial charge in [-0.15, -0.1) is 0 Å². The number of nitrogens with zero attached hydrogens (tertiary/aromatic N) is 1. The number of methoxy groups -OCH3 is 1. The van der Waals surface area contributed by atoms with Gasteiger partial charge in [0.15, 0.2) is 0 Å². The number of rotatable bonds is 5. The van der Waals surface area contributed by atoms with E-state index < -0.39 is 10.9 Å². The summed E-state index contributed by atoms with van der Waals surface area (Å²) in [5, 5.41) is 11.6. The number of hydrogen-bond acceptors (Lipinski definition) is 5. The van der Waals surface area contributed by atoms with Gasteiger partial charge in [0.1, 0.15) is 17.9 Å². The number of nitro benzene ring substituents is 1. The van der Waals surface area contributed by atoms with Gasteiger partial charge < -0.3 is 9.47 Å². The van der Waals surface area contributed by atoms with Crippen molar-refractivity contribution in [3.63, 3.8) is 0 Å². The van der Waals surface area contributed by atoms with Crippen molar-refractivity contribution < 1.29 is 19.2 Å². The van der Waals surface area contributed by atoms with E-state index in [4.69, 9.17) is 21.1 Å². The van der Waals surface area contributed by atoms with Crippen LogP contribution >= 0.6 is 11.6 Å². The van der Waals surface area contributed by atoms with Gasteiger partial charge in [-0.25, -0.2) is 4.79 Å². The van der Waals surface area contributed by atoms with E-state index in [0.717, 1.165) is 0 Å². The minimum absolute atomic E-state index is 0.0870. The Balaban J connectivity index is 2.23. The molecule has 7 heteroatoms. The van der Waals surface area contributed by atoms with Crippen LogP contribution in [0.1, 0.15) is 21.5 Å². The van der Waals surface area contributed by atoms with E-state index in [9.17, 15) is 14.9 Å². The van der Waals surface area contributed by atoms with E-state index in [1.54, 1.807) is 37.3 Å². The third-order valence-electron chi connectivity index (χ3n) is 3.24. The average Bonchev–Trinajstić information content (AvgIpc) is 2.52. The molecule has 0 N–H and O–H groups in total. The van der Waals surface area contributed by atoms with E-state index >= 15 is 0 Å². The predicted molar refractivity (Wildman–Crippen MR) is 85.0 cm³/mol. The number of carbonyl (C=O) groups is 1. The van der Waals surface area contributed by atoms with Crippen LogP contribution in [0, 0.1) is 17.0 Å². The van der Waals surface area contributed by atoms with Crippen molar-refractivity contribution in [1.82, 2.24) is 0 Å². The fourth-order valence-electron chi connectivity index (χ4n) is 2.15. The maximum absolute atomic E-state index is 12.2. The molecule has 120 valence electrons. The van der Waals surface area contributed by atoms with Crippen molar-refractivity contribution in [2.24, 2.45) is 0 Å². The summed E-state index contributed by atoms with van der Waals surface area (Å²) >= 11 is 5.91. The molecule has 0 fully saturated rings. The summed E-state index contributed by atoms with van der Waals surface area (Å²) in [7, 11) is 1.49. The lowest BCUT2D eigenvalue weighted by Crippen LogP contribution is -2.09. The van der Waals surface area contributed by atoms with Crippen LogP contribution in [0.4, 0.5) is 5.69 Å². The molecule has 0 amide bonds. The molecule has 0 aliphatic carbocycles. The normalized spacial score (nSPS) is 10.2. The van der Waals surface area contributed by atoms with Crippen LogP contribution in [-0.2, 0) is 11.3 Å². The summed E-state index contributed by atoms with van der Waals surface area (Å²) in [6.45, 7) is 1.46. The average molecular weight is 336 g/mol. The lowest BCUT2D eigenvalue weighted by atomic mass is 10.1. The van der Waals surface area contributed by atoms with Crippen molar-refractivity contribution in [1.29, 1.82) is 0 Å². The zero-order valence-corrected chi connectivity index (χ0v) is 13.3. The van der Waals surface area contributed by atoms with Crippen molar-refractivity contribution in [2.45, 2.75) is 13.5 Å². The molecule has 2 rings (SSSR count). The molecule has 0 aliphatic heterocycles. The molecule has 0 aromatic heterocycles. The molecule has 0 unspecified atom stereocenters. The van der Waals surface area contributed by atoms with Crippen molar-refractivity contribution in [3.8, 4) is 5.75 Å². The van der Waals surface area contributed by atoms with Gasteiger partial charge >= 0.3 is 5.97 Å². The predicted octanol–water partition coefficient (Wildman–Crippen LogP) is 3.92. The molecule has 6 nitrogen and oxygen atoms in total. The minimum Gasteiger partial charge on any atom is -0.496 e. The Kier molecular flexibility index (Phi) is 5.18. The molecule has 0 atom stereocenters. The van der Waals surface area contributed by atoms with Gasteiger partial charge in [0.2, 0.25) is 0 Å². The van der Waals surface area contributed by atoms with Gasteiger partial charge in [-0.3, -0.25) is 10.1 Å². The molecular weight excluding hydrogens is 322 g/mol. The maximum Gasteiger partial charge on any atom is 0.345 e. The highest BCUT2D eigenvalue weighted by Crippen LogP contribution is 2.26. The number of aryl methyl sites for hydroxylation is 1. The Labute approximate surface area is 137 Å². The van der Waals surface area contributed by atoms with E-state index in [2.05, 4.69) is 0 Å². The Morgan fingerprint density at radius 1 is 1.30 bits per heavy atom. The highest BCUT2D eigenvalue weighted by atomic mass is 35.5. The van der Waals surface area contributed by atoms with Crippen molar-refractivity contribution in [2.75, 3.05) is 7.11 Å². The van der Waals surface area contributed by atoms with Crippen molar-refractivity contribution >= 4 is 23.3 Å². The quantitative estimate of drug-likeness (QED) is 0.470. The maximum atomic E-state index is 12.2. The molecule has 23 heavy (non-hydrogen) atoms. The van der Waals surface area contributed by atoms with Crippen LogP contribution < -0.4 is 4.74 Å². The van der Waals surface area contributed by atoms with Crippen LogP contribution in [0.3, 0.4) is 0 Å². The monoisotopic (exact) mass is 335 g/mol. The lowest BCUT2D eigenvalue weighted by Gasteiger charge is -2.10. The van der Waals surface area contributed by atoms with Gasteiger partial charge in [-0.05, 0) is 31.2 Å². The summed E-state index contributed by atoms with van der Waals surface area (Å²) in [6.07, 6.45) is 0. The van der Waals surface area contributed by atoms with Gasteiger partial charge in [0.25, 0.3) is 5.69 Å². The SMILES string of the molecule is COc1ccc(Cl)cc1COC(=O)c1cccc(C)c1[N+](=O)[O-]. The van der Waals surface area contributed by atoms with E-state index in [1.165, 1.54) is 13.2 Å². The van der Waals surface area contributed by atoms with Gasteiger partial charge in [-0.1, -0.05) is 23.7 Å². The number of halogens is 1. The Hall–Kier alpha value is -2.60. The smallest absolute Gasteiger partial charge is 0.345 e. The van der Waals surface area contributed by atoms with E-state index in [0.29, 0.717) is 21.9 Å². The highest BCUT2D eigenvalue weighted by molar-refractivity contribution is 6.30. The topological polar surface area (TPSA) is 78.7 Å². The molecule has 0 saturated carbocycles. The number of benzene rings is 2. The molecule has 2 aromatic carbocycles. The largest absolute Gasteiger partial charge is 0.496 e. The van der Waals surface area contributed by atoms with Crippen LogP contribution in [-0.4, -0.2) is 18.0 Å². The zero-order chi connectivity index (χ0) is 17.0. The Morgan fingerprint density at radius 2 is 2.04 bits per heavy atom. The summed E-state index contributed by atoms with van der Waals surface area (Å²) in [5.41, 5.74) is 0.625. The first-order valence-corrected chi connectivity index (χ1v) is 7.05. The Bertz CT molecular complexity index is 760. The number of nitro groups is 1. The molecule has 0 aliphatic rings. The first kappa shape index (κ1) is 16.8. The highest BCUT2D eigenvalue weighted by Gasteiger charge is 2.23. The molecular formula is C16H14ClNO5. The van der Waals surface area contributed by atoms with Gasteiger partial charge in [0.05, 0.1) is 12.0 Å². The molecule has 2 aromatic rings. The van der Waals surface area contributed by atoms with Gasteiger partial charge in [-0.2, -0.15) is 0 Å². The van der Waals surface area contributed by atoms with E-state index in [1.807, 2.05) is 0 Å². The third kappa shape index (κ3) is 3.78. The number of esters is 1. The molecule has 0 heterocycles. The van der Waals surface area contributed by atoms with Gasteiger partial charge in [0, 0.05) is 16.1 Å². The standard InChI is InChI=1S/C16H14ClNO5/c1-10-4-3-5-13(15(10)18(20)21)16(19)23-9-11-8-12(17)6-7-14(11)22-2/h3-8H,9H2,1-2H3. The molecule has 0 bridgehead atoms. The summed E-state index contributed by atoms with van der Waals surface area (Å²) in [5.74, 6) is -0.261. The molecule has 0 radical (unpaired) electrons. The number of para-hydroxylation sites is 1. The molecule has 0 spiro atoms.